The standard InChI is InChI=1S/C19H17NO8S/c1-26-18(22)12-7-13(19(23)27-2)10-15(9-12)29(24,25)28-14-4-5-16-11(8-14)3-6-17(21)20-16/h4-5,7-10H,3,6H2,1-2H3,(H,20,21). The van der Waals surface area contributed by atoms with E-state index in [0.717, 1.165) is 38.0 Å². The average molecular weight is 419 g/mol. The summed E-state index contributed by atoms with van der Waals surface area (Å²) in [6.45, 7) is 0. The van der Waals surface area contributed by atoms with Crippen molar-refractivity contribution in [3.63, 3.8) is 0 Å². The molecule has 0 atom stereocenters. The molecule has 2 aromatic rings. The molecule has 152 valence electrons. The van der Waals surface area contributed by atoms with E-state index in [2.05, 4.69) is 14.8 Å². The van der Waals surface area contributed by atoms with Gasteiger partial charge in [0.2, 0.25) is 5.91 Å². The fourth-order valence-corrected chi connectivity index (χ4v) is 3.80. The first-order valence-corrected chi connectivity index (χ1v) is 9.83. The van der Waals surface area contributed by atoms with Crippen LogP contribution in [0.3, 0.4) is 0 Å². The fraction of sp³-hybridized carbons (Fsp3) is 0.211. The molecule has 0 aliphatic carbocycles. The Bertz CT molecular complexity index is 1070. The smallest absolute Gasteiger partial charge is 0.339 e. The van der Waals surface area contributed by atoms with Crippen LogP contribution in [0, 0.1) is 0 Å². The average Bonchev–Trinajstić information content (AvgIpc) is 2.72. The normalized spacial score (nSPS) is 13.1. The van der Waals surface area contributed by atoms with Gasteiger partial charge in [0.1, 0.15) is 10.6 Å². The van der Waals surface area contributed by atoms with Crippen molar-refractivity contribution >= 4 is 33.7 Å². The van der Waals surface area contributed by atoms with Crippen molar-refractivity contribution < 1.29 is 36.5 Å². The van der Waals surface area contributed by atoms with E-state index in [9.17, 15) is 22.8 Å². The van der Waals surface area contributed by atoms with Crippen LogP contribution in [0.4, 0.5) is 5.69 Å². The highest BCUT2D eigenvalue weighted by Crippen LogP contribution is 2.29. The Morgan fingerprint density at radius 3 is 2.14 bits per heavy atom. The van der Waals surface area contributed by atoms with Gasteiger partial charge in [0.05, 0.1) is 25.3 Å². The van der Waals surface area contributed by atoms with Crippen LogP contribution in [-0.2, 0) is 30.8 Å². The molecule has 0 saturated heterocycles. The van der Waals surface area contributed by atoms with E-state index in [1.54, 1.807) is 6.07 Å². The van der Waals surface area contributed by atoms with E-state index in [-0.39, 0.29) is 29.2 Å². The number of carbonyl (C=O) groups excluding carboxylic acids is 3. The van der Waals surface area contributed by atoms with Crippen LogP contribution in [0.2, 0.25) is 0 Å². The molecule has 29 heavy (non-hydrogen) atoms. The number of benzene rings is 2. The van der Waals surface area contributed by atoms with Gasteiger partial charge in [-0.25, -0.2) is 9.59 Å². The molecule has 1 aliphatic rings. The molecule has 0 aromatic heterocycles. The Labute approximate surface area is 166 Å². The number of nitrogens with one attached hydrogen (secondary N) is 1. The molecule has 0 unspecified atom stereocenters. The van der Waals surface area contributed by atoms with Gasteiger partial charge < -0.3 is 19.0 Å². The maximum absolute atomic E-state index is 12.8. The van der Waals surface area contributed by atoms with Crippen LogP contribution in [-0.4, -0.2) is 40.5 Å². The number of methoxy groups -OCH3 is 2. The van der Waals surface area contributed by atoms with Crippen molar-refractivity contribution in [1.29, 1.82) is 0 Å². The number of esters is 2. The Morgan fingerprint density at radius 2 is 1.55 bits per heavy atom. The van der Waals surface area contributed by atoms with Crippen molar-refractivity contribution in [2.45, 2.75) is 17.7 Å². The van der Waals surface area contributed by atoms with Crippen molar-refractivity contribution in [2.24, 2.45) is 0 Å². The largest absolute Gasteiger partial charge is 0.465 e. The zero-order valence-electron chi connectivity index (χ0n) is 15.6. The third-order valence-electron chi connectivity index (χ3n) is 4.22. The lowest BCUT2D eigenvalue weighted by Gasteiger charge is -2.17. The molecule has 1 heterocycles. The summed E-state index contributed by atoms with van der Waals surface area (Å²) in [5.41, 5.74) is 1.03. The van der Waals surface area contributed by atoms with Crippen LogP contribution in [0.1, 0.15) is 32.7 Å². The number of hydrogen-bond donors (Lipinski definition) is 1. The predicted molar refractivity (Wildman–Crippen MR) is 100 cm³/mol. The van der Waals surface area contributed by atoms with Gasteiger partial charge in [0, 0.05) is 12.1 Å². The lowest BCUT2D eigenvalue weighted by atomic mass is 10.0. The van der Waals surface area contributed by atoms with E-state index in [4.69, 9.17) is 4.18 Å². The maximum atomic E-state index is 12.8. The maximum Gasteiger partial charge on any atom is 0.339 e. The molecule has 1 aliphatic heterocycles. The first kappa shape index (κ1) is 20.3. The zero-order valence-corrected chi connectivity index (χ0v) is 16.4. The minimum absolute atomic E-state index is 0.0305. The monoisotopic (exact) mass is 419 g/mol. The number of fused-ring (bicyclic) bond motifs is 1. The molecule has 1 N–H and O–H groups in total. The van der Waals surface area contributed by atoms with Gasteiger partial charge in [0.25, 0.3) is 0 Å². The van der Waals surface area contributed by atoms with Crippen LogP contribution in [0.25, 0.3) is 0 Å². The second-order valence-electron chi connectivity index (χ2n) is 6.13. The topological polar surface area (TPSA) is 125 Å². The summed E-state index contributed by atoms with van der Waals surface area (Å²) in [5, 5.41) is 2.69. The molecule has 0 fully saturated rings. The number of amides is 1. The second-order valence-corrected chi connectivity index (χ2v) is 7.68. The second kappa shape index (κ2) is 7.92. The molecule has 0 radical (unpaired) electrons. The van der Waals surface area contributed by atoms with Gasteiger partial charge in [-0.15, -0.1) is 0 Å². The van der Waals surface area contributed by atoms with Crippen LogP contribution < -0.4 is 9.50 Å². The molecule has 0 saturated carbocycles. The number of rotatable bonds is 5. The minimum Gasteiger partial charge on any atom is -0.465 e. The van der Waals surface area contributed by atoms with Crippen LogP contribution in [0.5, 0.6) is 5.75 Å². The number of anilines is 1. The highest BCUT2D eigenvalue weighted by Gasteiger charge is 2.24. The Kier molecular flexibility index (Phi) is 5.55. The summed E-state index contributed by atoms with van der Waals surface area (Å²) in [6.07, 6.45) is 0.732. The molecule has 9 nitrogen and oxygen atoms in total. The highest BCUT2D eigenvalue weighted by atomic mass is 32.2. The molecule has 1 amide bonds. The summed E-state index contributed by atoms with van der Waals surface area (Å²) in [4.78, 5) is 34.7. The SMILES string of the molecule is COC(=O)c1cc(C(=O)OC)cc(S(=O)(=O)Oc2ccc3c(c2)CCC(=O)N3)c1. The Hall–Kier alpha value is -3.40. The Morgan fingerprint density at radius 1 is 0.931 bits per heavy atom. The third kappa shape index (κ3) is 4.37. The number of hydrogen-bond acceptors (Lipinski definition) is 8. The molecular weight excluding hydrogens is 402 g/mol. The minimum atomic E-state index is -4.38. The lowest BCUT2D eigenvalue weighted by Crippen LogP contribution is -2.19. The number of ether oxygens (including phenoxy) is 2. The molecule has 3 rings (SSSR count). The van der Waals surface area contributed by atoms with Gasteiger partial charge in [-0.05, 0) is 48.4 Å². The third-order valence-corrected chi connectivity index (χ3v) is 5.44. The summed E-state index contributed by atoms with van der Waals surface area (Å²) in [5.74, 6) is -1.73. The summed E-state index contributed by atoms with van der Waals surface area (Å²) in [6, 6.07) is 7.71. The fourth-order valence-electron chi connectivity index (χ4n) is 2.80. The predicted octanol–water partition coefficient (Wildman–Crippen LogP) is 1.91. The molecule has 10 heteroatoms. The van der Waals surface area contributed by atoms with Crippen molar-refractivity contribution in [3.8, 4) is 5.75 Å². The van der Waals surface area contributed by atoms with Gasteiger partial charge in [-0.3, -0.25) is 4.79 Å². The first-order chi connectivity index (χ1) is 13.7. The van der Waals surface area contributed by atoms with Gasteiger partial charge in [-0.2, -0.15) is 8.42 Å². The van der Waals surface area contributed by atoms with Crippen molar-refractivity contribution in [1.82, 2.24) is 0 Å². The summed E-state index contributed by atoms with van der Waals surface area (Å²) >= 11 is 0. The number of aryl methyl sites for hydroxylation is 1. The van der Waals surface area contributed by atoms with Crippen molar-refractivity contribution in [2.75, 3.05) is 19.5 Å². The Balaban J connectivity index is 1.97. The highest BCUT2D eigenvalue weighted by molar-refractivity contribution is 7.87. The van der Waals surface area contributed by atoms with E-state index < -0.39 is 27.0 Å². The summed E-state index contributed by atoms with van der Waals surface area (Å²) < 4.78 is 39.9. The molecule has 0 bridgehead atoms. The van der Waals surface area contributed by atoms with E-state index in [0.29, 0.717) is 12.1 Å². The molecule has 0 spiro atoms. The van der Waals surface area contributed by atoms with Crippen LogP contribution in [0.15, 0.2) is 41.3 Å². The first-order valence-electron chi connectivity index (χ1n) is 8.42. The summed E-state index contributed by atoms with van der Waals surface area (Å²) in [7, 11) is -2.12. The molecule has 2 aromatic carbocycles. The van der Waals surface area contributed by atoms with Crippen LogP contribution >= 0.6 is 0 Å². The number of carbonyl (C=O) groups is 3. The van der Waals surface area contributed by atoms with E-state index in [1.807, 2.05) is 0 Å². The molecular formula is C19H17NO8S. The lowest BCUT2D eigenvalue weighted by molar-refractivity contribution is -0.116. The van der Waals surface area contributed by atoms with E-state index >= 15 is 0 Å². The van der Waals surface area contributed by atoms with Gasteiger partial charge in [-0.1, -0.05) is 0 Å². The van der Waals surface area contributed by atoms with Gasteiger partial charge in [0.15, 0.2) is 0 Å². The van der Waals surface area contributed by atoms with Gasteiger partial charge >= 0.3 is 22.1 Å². The zero-order chi connectivity index (χ0) is 21.2. The van der Waals surface area contributed by atoms with E-state index in [1.165, 1.54) is 12.1 Å². The quantitative estimate of drug-likeness (QED) is 0.576. The van der Waals surface area contributed by atoms with Crippen molar-refractivity contribution in [3.05, 3.63) is 53.1 Å².